The lowest BCUT2D eigenvalue weighted by molar-refractivity contribution is 0.706. The molecular weight excluding hydrogens is 497 g/mol. The molecule has 3 aromatic heterocycles. The second kappa shape index (κ2) is 10.3. The maximum Gasteiger partial charge on any atom is 0.136 e. The molecule has 1 aliphatic rings. The number of anilines is 1. The van der Waals surface area contributed by atoms with Crippen molar-refractivity contribution in [2.24, 2.45) is 0 Å². The third-order valence-electron chi connectivity index (χ3n) is 8.28. The van der Waals surface area contributed by atoms with Crippen molar-refractivity contribution in [3.05, 3.63) is 88.4 Å². The Balaban J connectivity index is 1.57. The first-order valence-electron chi connectivity index (χ1n) is 14.2. The summed E-state index contributed by atoms with van der Waals surface area (Å²) in [5, 5.41) is 7.77. The summed E-state index contributed by atoms with van der Waals surface area (Å²) in [4.78, 5) is 10.9. The van der Waals surface area contributed by atoms with Gasteiger partial charge in [0.15, 0.2) is 0 Å². The summed E-state index contributed by atoms with van der Waals surface area (Å²) in [6, 6.07) is 15.7. The van der Waals surface area contributed by atoms with E-state index < -0.39 is 0 Å². The highest BCUT2D eigenvalue weighted by molar-refractivity contribution is 7.28. The van der Waals surface area contributed by atoms with Gasteiger partial charge in [-0.25, -0.2) is 9.67 Å². The molecule has 5 aromatic rings. The summed E-state index contributed by atoms with van der Waals surface area (Å²) in [7, 11) is 2.93. The Morgan fingerprint density at radius 2 is 1.82 bits per heavy atom. The quantitative estimate of drug-likeness (QED) is 0.237. The lowest BCUT2D eigenvalue weighted by atomic mass is 9.96. The summed E-state index contributed by atoms with van der Waals surface area (Å²) in [6.07, 6.45) is 6.93. The number of rotatable bonds is 6. The first-order chi connectivity index (χ1) is 18.9. The van der Waals surface area contributed by atoms with Gasteiger partial charge in [0, 0.05) is 59.2 Å². The molecule has 1 atom stereocenters. The topological polar surface area (TPSA) is 49.7 Å². The number of aromatic amines is 1. The average Bonchev–Trinajstić information content (AvgIpc) is 3.58. The molecule has 0 spiro atoms. The lowest BCUT2D eigenvalue weighted by Gasteiger charge is -2.29. The second-order valence-electron chi connectivity index (χ2n) is 11.0. The molecule has 0 bridgehead atoms. The van der Waals surface area contributed by atoms with Crippen LogP contribution in [0.5, 0.6) is 0 Å². The van der Waals surface area contributed by atoms with Gasteiger partial charge in [0.05, 0.1) is 17.1 Å². The van der Waals surface area contributed by atoms with Crippen LogP contribution in [0.1, 0.15) is 67.1 Å². The van der Waals surface area contributed by atoms with E-state index in [1.165, 1.54) is 61.4 Å². The standard InChI is InChI=1S/C33H38N5P/c1-6-22-9-8-10-23(7-2)31(22)38-32(26-12-11-21(5)30-25(26)13-15-34-30)27-19-37(16-14-28(27)36-38)33-29(39)17-24(18-35-33)20(3)4/h8-13,15,17-18,20,34H,6-7,14,16,19,39H2,1-5H3. The van der Waals surface area contributed by atoms with Crippen LogP contribution in [-0.2, 0) is 25.8 Å². The monoisotopic (exact) mass is 535 g/mol. The van der Waals surface area contributed by atoms with Crippen molar-refractivity contribution in [1.82, 2.24) is 19.7 Å². The number of para-hydroxylation sites is 1. The number of aromatic nitrogens is 4. The highest BCUT2D eigenvalue weighted by Crippen LogP contribution is 2.39. The molecule has 6 heteroatoms. The highest BCUT2D eigenvalue weighted by atomic mass is 31.0. The zero-order chi connectivity index (χ0) is 27.3. The molecule has 39 heavy (non-hydrogen) atoms. The molecule has 0 aliphatic carbocycles. The van der Waals surface area contributed by atoms with Gasteiger partial charge in [-0.3, -0.25) is 0 Å². The number of nitrogens with zero attached hydrogens (tertiary/aromatic N) is 4. The third kappa shape index (κ3) is 4.37. The van der Waals surface area contributed by atoms with Gasteiger partial charge in [-0.1, -0.05) is 58.0 Å². The van der Waals surface area contributed by atoms with Gasteiger partial charge >= 0.3 is 0 Å². The molecule has 0 radical (unpaired) electrons. The largest absolute Gasteiger partial charge is 0.361 e. The fraction of sp³-hybridized carbons (Fsp3) is 0.333. The molecule has 5 nitrogen and oxygen atoms in total. The van der Waals surface area contributed by atoms with Crippen molar-refractivity contribution in [2.75, 3.05) is 11.4 Å². The zero-order valence-electron chi connectivity index (χ0n) is 23.7. The second-order valence-corrected chi connectivity index (χ2v) is 11.6. The van der Waals surface area contributed by atoms with Gasteiger partial charge in [-0.2, -0.15) is 5.10 Å². The number of pyridine rings is 1. The third-order valence-corrected chi connectivity index (χ3v) is 8.70. The first kappa shape index (κ1) is 25.8. The number of fused-ring (bicyclic) bond motifs is 2. The van der Waals surface area contributed by atoms with Crippen LogP contribution in [0.4, 0.5) is 5.82 Å². The van der Waals surface area contributed by atoms with Crippen molar-refractivity contribution in [2.45, 2.75) is 66.3 Å². The van der Waals surface area contributed by atoms with E-state index in [0.29, 0.717) is 5.92 Å². The minimum atomic E-state index is 0.459. The van der Waals surface area contributed by atoms with E-state index >= 15 is 0 Å². The number of hydrogen-bond acceptors (Lipinski definition) is 3. The fourth-order valence-corrected chi connectivity index (χ4v) is 6.51. The molecule has 200 valence electrons. The molecule has 0 amide bonds. The summed E-state index contributed by atoms with van der Waals surface area (Å²) >= 11 is 0. The number of nitrogens with one attached hydrogen (secondary N) is 1. The van der Waals surface area contributed by atoms with Crippen LogP contribution in [0.3, 0.4) is 0 Å². The first-order valence-corrected chi connectivity index (χ1v) is 14.8. The molecule has 0 saturated carbocycles. The van der Waals surface area contributed by atoms with Gasteiger partial charge in [0.1, 0.15) is 5.82 Å². The van der Waals surface area contributed by atoms with E-state index in [1.54, 1.807) is 0 Å². The molecule has 6 rings (SSSR count). The Labute approximate surface area is 233 Å². The molecule has 0 saturated heterocycles. The van der Waals surface area contributed by atoms with Crippen LogP contribution in [0.15, 0.2) is 54.9 Å². The van der Waals surface area contributed by atoms with Crippen molar-refractivity contribution < 1.29 is 0 Å². The number of benzene rings is 2. The molecule has 1 unspecified atom stereocenters. The van der Waals surface area contributed by atoms with Gasteiger partial charge in [0.2, 0.25) is 0 Å². The predicted octanol–water partition coefficient (Wildman–Crippen LogP) is 7.04. The number of hydrogen-bond donors (Lipinski definition) is 1. The van der Waals surface area contributed by atoms with Gasteiger partial charge in [-0.15, -0.1) is 9.24 Å². The molecular formula is C33H38N5P. The van der Waals surface area contributed by atoms with Gasteiger partial charge in [-0.05, 0) is 60.1 Å². The van der Waals surface area contributed by atoms with Crippen LogP contribution >= 0.6 is 9.24 Å². The molecule has 0 fully saturated rings. The summed E-state index contributed by atoms with van der Waals surface area (Å²) in [5.41, 5.74) is 12.6. The minimum absolute atomic E-state index is 0.459. The summed E-state index contributed by atoms with van der Waals surface area (Å²) in [6.45, 7) is 12.8. The maximum absolute atomic E-state index is 5.37. The highest BCUT2D eigenvalue weighted by Gasteiger charge is 2.29. The van der Waals surface area contributed by atoms with Crippen LogP contribution < -0.4 is 10.2 Å². The van der Waals surface area contributed by atoms with E-state index in [0.717, 1.165) is 43.5 Å². The van der Waals surface area contributed by atoms with E-state index in [2.05, 4.69) is 107 Å². The molecule has 1 aliphatic heterocycles. The Bertz CT molecular complexity index is 1650. The Hall–Kier alpha value is -3.43. The summed E-state index contributed by atoms with van der Waals surface area (Å²) in [5.74, 6) is 1.51. The molecule has 1 N–H and O–H groups in total. The molecule has 2 aromatic carbocycles. The van der Waals surface area contributed by atoms with E-state index in [4.69, 9.17) is 10.1 Å². The van der Waals surface area contributed by atoms with Crippen LogP contribution in [0.2, 0.25) is 0 Å². The average molecular weight is 536 g/mol. The van der Waals surface area contributed by atoms with Crippen molar-refractivity contribution >= 4 is 31.3 Å². The minimum Gasteiger partial charge on any atom is -0.361 e. The summed E-state index contributed by atoms with van der Waals surface area (Å²) < 4.78 is 2.28. The SMILES string of the molecule is CCc1cccc(CC)c1-n1nc2c(c1-c1ccc(C)c3[nH]ccc13)CN(c1ncc(C(C)C)cc1P)CC2. The predicted molar refractivity (Wildman–Crippen MR) is 167 cm³/mol. The lowest BCUT2D eigenvalue weighted by Crippen LogP contribution is -2.33. The zero-order valence-corrected chi connectivity index (χ0v) is 24.8. The Morgan fingerprint density at radius 3 is 2.51 bits per heavy atom. The van der Waals surface area contributed by atoms with Crippen LogP contribution in [0, 0.1) is 6.92 Å². The van der Waals surface area contributed by atoms with Gasteiger partial charge < -0.3 is 9.88 Å². The molecule has 4 heterocycles. The van der Waals surface area contributed by atoms with E-state index in [9.17, 15) is 0 Å². The smallest absolute Gasteiger partial charge is 0.136 e. The number of H-pyrrole nitrogens is 1. The van der Waals surface area contributed by atoms with Crippen molar-refractivity contribution in [1.29, 1.82) is 0 Å². The number of aryl methyl sites for hydroxylation is 3. The van der Waals surface area contributed by atoms with Crippen molar-refractivity contribution in [3.63, 3.8) is 0 Å². The maximum atomic E-state index is 5.37. The van der Waals surface area contributed by atoms with Crippen LogP contribution in [0.25, 0.3) is 27.8 Å². The Kier molecular flexibility index (Phi) is 6.81. The van der Waals surface area contributed by atoms with E-state index in [-0.39, 0.29) is 0 Å². The Morgan fingerprint density at radius 1 is 1.05 bits per heavy atom. The van der Waals surface area contributed by atoms with Gasteiger partial charge in [0.25, 0.3) is 0 Å². The van der Waals surface area contributed by atoms with Crippen LogP contribution in [-0.4, -0.2) is 26.3 Å². The van der Waals surface area contributed by atoms with E-state index in [1.807, 2.05) is 6.20 Å². The van der Waals surface area contributed by atoms with Crippen molar-refractivity contribution in [3.8, 4) is 16.9 Å². The fourth-order valence-electron chi connectivity index (χ4n) is 6.06. The normalized spacial score (nSPS) is 13.5.